The molecule has 0 aliphatic carbocycles. The number of ether oxygens (including phenoxy) is 2. The number of methoxy groups -OCH3 is 2. The molecule has 0 aliphatic heterocycles. The Morgan fingerprint density at radius 2 is 2.29 bits per heavy atom. The van der Waals surface area contributed by atoms with Gasteiger partial charge in [0.1, 0.15) is 5.75 Å². The van der Waals surface area contributed by atoms with Crippen molar-refractivity contribution in [2.75, 3.05) is 20.0 Å². The molecule has 0 aromatic carbocycles. The molecule has 1 aromatic rings. The van der Waals surface area contributed by atoms with E-state index in [9.17, 15) is 4.79 Å². The van der Waals surface area contributed by atoms with Crippen molar-refractivity contribution in [3.05, 3.63) is 18.0 Å². The van der Waals surface area contributed by atoms with Crippen LogP contribution in [0, 0.1) is 0 Å². The SMILES string of the molecule is COC(=O)Cc1ncc(N)cc1OC. The summed E-state index contributed by atoms with van der Waals surface area (Å²) in [5.41, 5.74) is 6.53. The molecule has 0 saturated heterocycles. The Labute approximate surface area is 81.8 Å². The first-order valence-electron chi connectivity index (χ1n) is 4.02. The fourth-order valence-electron chi connectivity index (χ4n) is 1.01. The molecule has 1 heterocycles. The van der Waals surface area contributed by atoms with E-state index in [1.807, 2.05) is 0 Å². The molecule has 1 aromatic heterocycles. The van der Waals surface area contributed by atoms with Crippen LogP contribution in [0.25, 0.3) is 0 Å². The largest absolute Gasteiger partial charge is 0.495 e. The first-order chi connectivity index (χ1) is 6.67. The zero-order chi connectivity index (χ0) is 10.6. The van der Waals surface area contributed by atoms with Gasteiger partial charge in [-0.15, -0.1) is 0 Å². The summed E-state index contributed by atoms with van der Waals surface area (Å²) in [7, 11) is 2.82. The molecule has 0 aliphatic rings. The molecular weight excluding hydrogens is 184 g/mol. The molecule has 5 heteroatoms. The average Bonchev–Trinajstić information content (AvgIpc) is 2.20. The smallest absolute Gasteiger partial charge is 0.311 e. The fourth-order valence-corrected chi connectivity index (χ4v) is 1.01. The molecule has 0 bridgehead atoms. The molecule has 76 valence electrons. The Kier molecular flexibility index (Phi) is 3.28. The first kappa shape index (κ1) is 10.3. The second kappa shape index (κ2) is 4.45. The van der Waals surface area contributed by atoms with Gasteiger partial charge in [-0.3, -0.25) is 9.78 Å². The van der Waals surface area contributed by atoms with Crippen LogP contribution in [0.1, 0.15) is 5.69 Å². The monoisotopic (exact) mass is 196 g/mol. The van der Waals surface area contributed by atoms with Gasteiger partial charge in [0.25, 0.3) is 0 Å². The Bertz CT molecular complexity index is 339. The van der Waals surface area contributed by atoms with Crippen molar-refractivity contribution < 1.29 is 14.3 Å². The standard InChI is InChI=1S/C9H12N2O3/c1-13-8-3-6(10)5-11-7(8)4-9(12)14-2/h3,5H,4,10H2,1-2H3. The lowest BCUT2D eigenvalue weighted by Gasteiger charge is -2.06. The Hall–Kier alpha value is -1.78. The molecule has 14 heavy (non-hydrogen) atoms. The van der Waals surface area contributed by atoms with Crippen molar-refractivity contribution in [1.82, 2.24) is 4.98 Å². The van der Waals surface area contributed by atoms with Crippen molar-refractivity contribution in [1.29, 1.82) is 0 Å². The van der Waals surface area contributed by atoms with Crippen LogP contribution in [0.4, 0.5) is 5.69 Å². The Morgan fingerprint density at radius 1 is 1.57 bits per heavy atom. The molecule has 1 rings (SSSR count). The molecule has 5 nitrogen and oxygen atoms in total. The summed E-state index contributed by atoms with van der Waals surface area (Å²) in [5, 5.41) is 0. The maximum absolute atomic E-state index is 11.0. The van der Waals surface area contributed by atoms with Gasteiger partial charge in [0.15, 0.2) is 0 Å². The number of nitrogens with two attached hydrogens (primary N) is 1. The minimum absolute atomic E-state index is 0.0833. The number of nitrogens with zero attached hydrogens (tertiary/aromatic N) is 1. The summed E-state index contributed by atoms with van der Waals surface area (Å²) in [6.45, 7) is 0. The highest BCUT2D eigenvalue weighted by Gasteiger charge is 2.10. The van der Waals surface area contributed by atoms with Crippen molar-refractivity contribution in [3.8, 4) is 5.75 Å². The molecule has 0 atom stereocenters. The van der Waals surface area contributed by atoms with E-state index in [-0.39, 0.29) is 12.4 Å². The van der Waals surface area contributed by atoms with E-state index in [2.05, 4.69) is 9.72 Å². The molecule has 0 saturated carbocycles. The molecular formula is C9H12N2O3. The summed E-state index contributed by atoms with van der Waals surface area (Å²) in [6, 6.07) is 1.62. The lowest BCUT2D eigenvalue weighted by atomic mass is 10.2. The summed E-state index contributed by atoms with van der Waals surface area (Å²) in [4.78, 5) is 15.0. The Morgan fingerprint density at radius 3 is 2.86 bits per heavy atom. The number of hydrogen-bond acceptors (Lipinski definition) is 5. The van der Waals surface area contributed by atoms with E-state index in [0.717, 1.165) is 0 Å². The molecule has 0 amide bonds. The van der Waals surface area contributed by atoms with E-state index in [1.54, 1.807) is 6.07 Å². The minimum Gasteiger partial charge on any atom is -0.495 e. The highest BCUT2D eigenvalue weighted by Crippen LogP contribution is 2.19. The third-order valence-corrected chi connectivity index (χ3v) is 1.71. The number of rotatable bonds is 3. The van der Waals surface area contributed by atoms with Crippen LogP contribution in [-0.4, -0.2) is 25.2 Å². The van der Waals surface area contributed by atoms with Gasteiger partial charge in [-0.1, -0.05) is 0 Å². The van der Waals surface area contributed by atoms with Gasteiger partial charge >= 0.3 is 5.97 Å². The van der Waals surface area contributed by atoms with Crippen molar-refractivity contribution >= 4 is 11.7 Å². The highest BCUT2D eigenvalue weighted by atomic mass is 16.5. The van der Waals surface area contributed by atoms with Gasteiger partial charge < -0.3 is 15.2 Å². The van der Waals surface area contributed by atoms with Gasteiger partial charge in [-0.05, 0) is 0 Å². The quantitative estimate of drug-likeness (QED) is 0.708. The predicted molar refractivity (Wildman–Crippen MR) is 50.9 cm³/mol. The zero-order valence-electron chi connectivity index (χ0n) is 8.11. The van der Waals surface area contributed by atoms with Crippen LogP contribution >= 0.6 is 0 Å². The summed E-state index contributed by atoms with van der Waals surface area (Å²) in [5.74, 6) is 0.135. The van der Waals surface area contributed by atoms with Crippen LogP contribution in [0.3, 0.4) is 0 Å². The number of esters is 1. The molecule has 0 unspecified atom stereocenters. The number of hydrogen-bond donors (Lipinski definition) is 1. The van der Waals surface area contributed by atoms with Gasteiger partial charge in [-0.25, -0.2) is 0 Å². The number of carbonyl (C=O) groups is 1. The van der Waals surface area contributed by atoms with Crippen LogP contribution < -0.4 is 10.5 Å². The maximum Gasteiger partial charge on any atom is 0.311 e. The third-order valence-electron chi connectivity index (χ3n) is 1.71. The van der Waals surface area contributed by atoms with Gasteiger partial charge in [0.05, 0.1) is 38.2 Å². The van der Waals surface area contributed by atoms with Crippen molar-refractivity contribution in [3.63, 3.8) is 0 Å². The third kappa shape index (κ3) is 2.35. The molecule has 2 N–H and O–H groups in total. The molecule has 0 radical (unpaired) electrons. The van der Waals surface area contributed by atoms with Crippen LogP contribution in [0.15, 0.2) is 12.3 Å². The van der Waals surface area contributed by atoms with E-state index in [0.29, 0.717) is 17.1 Å². The summed E-state index contributed by atoms with van der Waals surface area (Å²) < 4.78 is 9.54. The predicted octanol–water partition coefficient (Wildman–Crippen LogP) is 0.388. The number of anilines is 1. The number of aromatic nitrogens is 1. The molecule has 0 spiro atoms. The Balaban J connectivity index is 2.90. The average molecular weight is 196 g/mol. The topological polar surface area (TPSA) is 74.4 Å². The highest BCUT2D eigenvalue weighted by molar-refractivity contribution is 5.72. The van der Waals surface area contributed by atoms with E-state index in [4.69, 9.17) is 10.5 Å². The lowest BCUT2D eigenvalue weighted by molar-refractivity contribution is -0.139. The summed E-state index contributed by atoms with van der Waals surface area (Å²) >= 11 is 0. The van der Waals surface area contributed by atoms with Gasteiger partial charge in [-0.2, -0.15) is 0 Å². The second-order valence-electron chi connectivity index (χ2n) is 2.67. The van der Waals surface area contributed by atoms with Crippen LogP contribution in [0.2, 0.25) is 0 Å². The van der Waals surface area contributed by atoms with E-state index >= 15 is 0 Å². The normalized spacial score (nSPS) is 9.57. The zero-order valence-corrected chi connectivity index (χ0v) is 8.11. The van der Waals surface area contributed by atoms with Gasteiger partial charge in [0, 0.05) is 6.07 Å². The van der Waals surface area contributed by atoms with Crippen molar-refractivity contribution in [2.45, 2.75) is 6.42 Å². The fraction of sp³-hybridized carbons (Fsp3) is 0.333. The van der Waals surface area contributed by atoms with Gasteiger partial charge in [0.2, 0.25) is 0 Å². The maximum atomic E-state index is 11.0. The second-order valence-corrected chi connectivity index (χ2v) is 2.67. The van der Waals surface area contributed by atoms with E-state index in [1.165, 1.54) is 20.4 Å². The number of pyridine rings is 1. The first-order valence-corrected chi connectivity index (χ1v) is 4.02. The van der Waals surface area contributed by atoms with Crippen molar-refractivity contribution in [2.24, 2.45) is 0 Å². The lowest BCUT2D eigenvalue weighted by Crippen LogP contribution is -2.08. The minimum atomic E-state index is -0.361. The van der Waals surface area contributed by atoms with Crippen LogP contribution in [-0.2, 0) is 16.0 Å². The van der Waals surface area contributed by atoms with E-state index < -0.39 is 0 Å². The number of nitrogen functional groups attached to an aromatic ring is 1. The molecule has 0 fully saturated rings. The number of carbonyl (C=O) groups excluding carboxylic acids is 1. The van der Waals surface area contributed by atoms with Crippen LogP contribution in [0.5, 0.6) is 5.75 Å². The summed E-state index contributed by atoms with van der Waals surface area (Å²) in [6.07, 6.45) is 1.56.